The van der Waals surface area contributed by atoms with Gasteiger partial charge in [0, 0.05) is 30.6 Å². The van der Waals surface area contributed by atoms with Crippen molar-refractivity contribution < 1.29 is 24.2 Å². The Morgan fingerprint density at radius 1 is 1.21 bits per heavy atom. The van der Waals surface area contributed by atoms with Crippen LogP contribution < -0.4 is 20.1 Å². The molecule has 0 aliphatic rings. The van der Waals surface area contributed by atoms with E-state index in [1.165, 1.54) is 12.4 Å². The summed E-state index contributed by atoms with van der Waals surface area (Å²) in [6.07, 6.45) is 2.92. The van der Waals surface area contributed by atoms with Gasteiger partial charge in [0.05, 0.1) is 32.3 Å². The number of aryl methyl sites for hydroxylation is 1. The molecule has 1 amide bonds. The molecule has 10 nitrogen and oxygen atoms in total. The largest absolute Gasteiger partial charge is 0.497 e. The standard InChI is InChI=1S/C18H19N5O5/c1-23-15-12(8-21-23)13(22-17(24)18(25)26)9-20-16(15)19-7-10-4-5-11(27-2)6-14(10)28-3/h4-6,8-9H,7H2,1-3H3,(H,19,20)(H,22,24)(H,25,26). The molecule has 3 aromatic rings. The third-order valence-corrected chi connectivity index (χ3v) is 4.16. The number of anilines is 2. The molecule has 0 radical (unpaired) electrons. The molecule has 0 aliphatic heterocycles. The Kier molecular flexibility index (Phi) is 5.30. The SMILES string of the molecule is COc1ccc(CNc2ncc(NC(=O)C(=O)O)c3cnn(C)c23)c(OC)c1. The predicted octanol–water partition coefficient (Wildman–Crippen LogP) is 1.62. The molecule has 0 aliphatic carbocycles. The number of carboxylic acids is 1. The first kappa shape index (κ1) is 19.0. The molecular formula is C18H19N5O5. The first-order valence-electron chi connectivity index (χ1n) is 8.24. The molecule has 28 heavy (non-hydrogen) atoms. The van der Waals surface area contributed by atoms with Gasteiger partial charge in [-0.3, -0.25) is 9.48 Å². The van der Waals surface area contributed by atoms with E-state index in [-0.39, 0.29) is 5.69 Å². The number of aliphatic carboxylic acids is 1. The van der Waals surface area contributed by atoms with Crippen molar-refractivity contribution in [1.82, 2.24) is 14.8 Å². The number of carboxylic acid groups (broad SMARTS) is 1. The van der Waals surface area contributed by atoms with E-state index in [9.17, 15) is 9.59 Å². The molecule has 3 N–H and O–H groups in total. The lowest BCUT2D eigenvalue weighted by Gasteiger charge is -2.13. The number of nitrogens with zero attached hydrogens (tertiary/aromatic N) is 3. The second-order valence-corrected chi connectivity index (χ2v) is 5.84. The summed E-state index contributed by atoms with van der Waals surface area (Å²) in [7, 11) is 4.89. The molecule has 3 rings (SSSR count). The molecule has 0 unspecified atom stereocenters. The second kappa shape index (κ2) is 7.82. The summed E-state index contributed by atoms with van der Waals surface area (Å²) in [5.41, 5.74) is 1.78. The van der Waals surface area contributed by atoms with Gasteiger partial charge in [0.15, 0.2) is 5.82 Å². The monoisotopic (exact) mass is 385 g/mol. The van der Waals surface area contributed by atoms with Gasteiger partial charge in [0.2, 0.25) is 0 Å². The average molecular weight is 385 g/mol. The summed E-state index contributed by atoms with van der Waals surface area (Å²) >= 11 is 0. The van der Waals surface area contributed by atoms with Gasteiger partial charge in [-0.15, -0.1) is 0 Å². The molecule has 0 spiro atoms. The van der Waals surface area contributed by atoms with Gasteiger partial charge in [0.25, 0.3) is 0 Å². The third kappa shape index (κ3) is 3.65. The van der Waals surface area contributed by atoms with Crippen LogP contribution in [0.15, 0.2) is 30.6 Å². The maximum atomic E-state index is 11.5. The van der Waals surface area contributed by atoms with Gasteiger partial charge >= 0.3 is 11.9 Å². The zero-order valence-corrected chi connectivity index (χ0v) is 15.5. The molecule has 0 fully saturated rings. The van der Waals surface area contributed by atoms with Crippen molar-refractivity contribution >= 4 is 34.3 Å². The van der Waals surface area contributed by atoms with Gasteiger partial charge in [-0.1, -0.05) is 0 Å². The number of pyridine rings is 1. The van der Waals surface area contributed by atoms with E-state index in [1.807, 2.05) is 12.1 Å². The van der Waals surface area contributed by atoms with Crippen LogP contribution in [-0.2, 0) is 23.2 Å². The van der Waals surface area contributed by atoms with E-state index in [0.717, 1.165) is 5.56 Å². The van der Waals surface area contributed by atoms with E-state index in [0.29, 0.717) is 34.8 Å². The van der Waals surface area contributed by atoms with Crippen molar-refractivity contribution in [2.45, 2.75) is 6.54 Å². The van der Waals surface area contributed by atoms with Gasteiger partial charge < -0.3 is 25.2 Å². The number of carbonyl (C=O) groups excluding carboxylic acids is 1. The molecule has 10 heteroatoms. The Balaban J connectivity index is 1.89. The highest BCUT2D eigenvalue weighted by atomic mass is 16.5. The summed E-state index contributed by atoms with van der Waals surface area (Å²) in [4.78, 5) is 26.6. The fourth-order valence-electron chi connectivity index (χ4n) is 2.76. The van der Waals surface area contributed by atoms with Gasteiger partial charge in [-0.05, 0) is 12.1 Å². The number of methoxy groups -OCH3 is 2. The van der Waals surface area contributed by atoms with E-state index >= 15 is 0 Å². The van der Waals surface area contributed by atoms with Crippen molar-refractivity contribution in [3.05, 3.63) is 36.2 Å². The van der Waals surface area contributed by atoms with Gasteiger partial charge in [0.1, 0.15) is 17.0 Å². The van der Waals surface area contributed by atoms with Crippen molar-refractivity contribution in [3.8, 4) is 11.5 Å². The summed E-state index contributed by atoms with van der Waals surface area (Å²) in [6, 6.07) is 5.50. The predicted molar refractivity (Wildman–Crippen MR) is 102 cm³/mol. The van der Waals surface area contributed by atoms with Crippen LogP contribution in [0.1, 0.15) is 5.56 Å². The molecule has 0 bridgehead atoms. The number of carbonyl (C=O) groups is 2. The third-order valence-electron chi connectivity index (χ3n) is 4.16. The van der Waals surface area contributed by atoms with Crippen LogP contribution >= 0.6 is 0 Å². The van der Waals surface area contributed by atoms with E-state index in [2.05, 4.69) is 20.7 Å². The quantitative estimate of drug-likeness (QED) is 0.546. The maximum Gasteiger partial charge on any atom is 0.394 e. The first-order chi connectivity index (χ1) is 13.4. The Hall–Kier alpha value is -3.82. The highest BCUT2D eigenvalue weighted by molar-refractivity contribution is 6.37. The number of hydrogen-bond donors (Lipinski definition) is 3. The number of aromatic nitrogens is 3. The minimum Gasteiger partial charge on any atom is -0.497 e. The van der Waals surface area contributed by atoms with Crippen LogP contribution in [0.25, 0.3) is 10.9 Å². The van der Waals surface area contributed by atoms with Crippen molar-refractivity contribution in [2.24, 2.45) is 7.05 Å². The van der Waals surface area contributed by atoms with E-state index in [1.54, 1.807) is 32.0 Å². The second-order valence-electron chi connectivity index (χ2n) is 5.84. The topological polar surface area (TPSA) is 128 Å². The summed E-state index contributed by atoms with van der Waals surface area (Å²) in [5.74, 6) is -0.840. The Labute approximate surface area is 160 Å². The molecule has 2 aromatic heterocycles. The number of nitrogens with one attached hydrogen (secondary N) is 2. The zero-order valence-electron chi connectivity index (χ0n) is 15.5. The molecular weight excluding hydrogens is 366 g/mol. The number of amides is 1. The molecule has 146 valence electrons. The molecule has 1 aromatic carbocycles. The average Bonchev–Trinajstić information content (AvgIpc) is 3.09. The van der Waals surface area contributed by atoms with Crippen LogP contribution in [0.3, 0.4) is 0 Å². The van der Waals surface area contributed by atoms with E-state index < -0.39 is 11.9 Å². The highest BCUT2D eigenvalue weighted by Crippen LogP contribution is 2.29. The lowest BCUT2D eigenvalue weighted by molar-refractivity contribution is -0.147. The zero-order chi connectivity index (χ0) is 20.3. The van der Waals surface area contributed by atoms with Gasteiger partial charge in [-0.2, -0.15) is 5.10 Å². The molecule has 2 heterocycles. The fourth-order valence-corrected chi connectivity index (χ4v) is 2.76. The lowest BCUT2D eigenvalue weighted by atomic mass is 10.2. The van der Waals surface area contributed by atoms with Crippen molar-refractivity contribution in [1.29, 1.82) is 0 Å². The number of fused-ring (bicyclic) bond motifs is 1. The van der Waals surface area contributed by atoms with E-state index in [4.69, 9.17) is 14.6 Å². The summed E-state index contributed by atoms with van der Waals surface area (Å²) < 4.78 is 12.2. The number of benzene rings is 1. The Bertz CT molecular complexity index is 1050. The Morgan fingerprint density at radius 3 is 2.68 bits per heavy atom. The van der Waals surface area contributed by atoms with Gasteiger partial charge in [-0.25, -0.2) is 9.78 Å². The number of rotatable bonds is 6. The summed E-state index contributed by atoms with van der Waals surface area (Å²) in [5, 5.41) is 19.1. The maximum absolute atomic E-state index is 11.5. The Morgan fingerprint density at radius 2 is 2.00 bits per heavy atom. The lowest BCUT2D eigenvalue weighted by Crippen LogP contribution is -2.22. The van der Waals surface area contributed by atoms with Crippen LogP contribution in [0.5, 0.6) is 11.5 Å². The van der Waals surface area contributed by atoms with Crippen molar-refractivity contribution in [2.75, 3.05) is 24.9 Å². The van der Waals surface area contributed by atoms with Crippen LogP contribution in [0, 0.1) is 0 Å². The summed E-state index contributed by atoms with van der Waals surface area (Å²) in [6.45, 7) is 0.418. The fraction of sp³-hybridized carbons (Fsp3) is 0.222. The first-order valence-corrected chi connectivity index (χ1v) is 8.24. The van der Waals surface area contributed by atoms with Crippen LogP contribution in [0.4, 0.5) is 11.5 Å². The molecule has 0 saturated carbocycles. The van der Waals surface area contributed by atoms with Crippen LogP contribution in [0.2, 0.25) is 0 Å². The molecule has 0 saturated heterocycles. The normalized spacial score (nSPS) is 10.5. The van der Waals surface area contributed by atoms with Crippen LogP contribution in [-0.4, -0.2) is 46.0 Å². The minimum atomic E-state index is -1.58. The number of hydrogen-bond acceptors (Lipinski definition) is 7. The highest BCUT2D eigenvalue weighted by Gasteiger charge is 2.17. The smallest absolute Gasteiger partial charge is 0.394 e. The minimum absolute atomic E-state index is 0.267. The number of ether oxygens (including phenoxy) is 2. The molecule has 0 atom stereocenters. The van der Waals surface area contributed by atoms with Crippen molar-refractivity contribution in [3.63, 3.8) is 0 Å².